The van der Waals surface area contributed by atoms with Gasteiger partial charge in [-0.2, -0.15) is 0 Å². The number of hydrogen-bond donors (Lipinski definition) is 1. The van der Waals surface area contributed by atoms with Crippen LogP contribution in [0.4, 0.5) is 0 Å². The highest BCUT2D eigenvalue weighted by Gasteiger charge is 2.45. The summed E-state index contributed by atoms with van der Waals surface area (Å²) in [6.45, 7) is 2.61. The average Bonchev–Trinajstić information content (AvgIpc) is 2.40. The molecule has 2 aliphatic rings. The molecule has 0 amide bonds. The van der Waals surface area contributed by atoms with Crippen LogP contribution < -0.4 is 0 Å². The SMILES string of the molecule is OC[C@@H](c1ccccc1)N1CC2(CCCCC2)C1. The average molecular weight is 245 g/mol. The topological polar surface area (TPSA) is 23.5 Å². The van der Waals surface area contributed by atoms with Crippen LogP contribution in [0.1, 0.15) is 43.7 Å². The Morgan fingerprint density at radius 3 is 2.33 bits per heavy atom. The van der Waals surface area contributed by atoms with Gasteiger partial charge in [-0.1, -0.05) is 49.6 Å². The molecule has 1 saturated carbocycles. The number of rotatable bonds is 3. The smallest absolute Gasteiger partial charge is 0.0628 e. The van der Waals surface area contributed by atoms with Gasteiger partial charge in [-0.25, -0.2) is 0 Å². The molecule has 1 aromatic rings. The van der Waals surface area contributed by atoms with Gasteiger partial charge in [0, 0.05) is 13.1 Å². The lowest BCUT2D eigenvalue weighted by molar-refractivity contribution is -0.0676. The molecule has 1 N–H and O–H groups in total. The molecule has 98 valence electrons. The molecule has 18 heavy (non-hydrogen) atoms. The second kappa shape index (κ2) is 5.02. The summed E-state index contributed by atoms with van der Waals surface area (Å²) < 4.78 is 0. The Balaban J connectivity index is 1.65. The van der Waals surface area contributed by atoms with Crippen molar-refractivity contribution in [2.45, 2.75) is 38.1 Å². The number of likely N-dealkylation sites (tertiary alicyclic amines) is 1. The lowest BCUT2D eigenvalue weighted by atomic mass is 9.68. The minimum Gasteiger partial charge on any atom is -0.394 e. The van der Waals surface area contributed by atoms with E-state index in [9.17, 15) is 5.11 Å². The Bertz CT molecular complexity index is 375. The Morgan fingerprint density at radius 2 is 1.72 bits per heavy atom. The van der Waals surface area contributed by atoms with Crippen LogP contribution >= 0.6 is 0 Å². The van der Waals surface area contributed by atoms with Crippen molar-refractivity contribution in [3.05, 3.63) is 35.9 Å². The number of nitrogens with zero attached hydrogens (tertiary/aromatic N) is 1. The summed E-state index contributed by atoms with van der Waals surface area (Å²) in [4.78, 5) is 2.46. The van der Waals surface area contributed by atoms with Crippen molar-refractivity contribution in [1.82, 2.24) is 4.90 Å². The molecule has 2 nitrogen and oxygen atoms in total. The minimum absolute atomic E-state index is 0.207. The third-order valence-electron chi connectivity index (χ3n) is 4.79. The molecule has 1 heterocycles. The van der Waals surface area contributed by atoms with Gasteiger partial charge in [0.15, 0.2) is 0 Å². The van der Waals surface area contributed by atoms with Gasteiger partial charge in [-0.05, 0) is 23.8 Å². The van der Waals surface area contributed by atoms with E-state index in [0.29, 0.717) is 5.41 Å². The maximum atomic E-state index is 9.66. The summed E-state index contributed by atoms with van der Waals surface area (Å²) in [5.74, 6) is 0. The van der Waals surface area contributed by atoms with E-state index in [1.54, 1.807) is 0 Å². The molecule has 1 aromatic carbocycles. The molecule has 0 bridgehead atoms. The number of hydrogen-bond acceptors (Lipinski definition) is 2. The van der Waals surface area contributed by atoms with Gasteiger partial charge in [0.25, 0.3) is 0 Å². The number of aliphatic hydroxyl groups excluding tert-OH is 1. The fourth-order valence-electron chi connectivity index (χ4n) is 3.76. The van der Waals surface area contributed by atoms with Crippen LogP contribution in [0.2, 0.25) is 0 Å². The van der Waals surface area contributed by atoms with E-state index in [1.165, 1.54) is 50.8 Å². The zero-order valence-corrected chi connectivity index (χ0v) is 11.0. The Morgan fingerprint density at radius 1 is 1.06 bits per heavy atom. The monoisotopic (exact) mass is 245 g/mol. The second-order valence-electron chi connectivity index (χ2n) is 6.07. The van der Waals surface area contributed by atoms with Crippen LogP contribution in [-0.4, -0.2) is 29.7 Å². The van der Waals surface area contributed by atoms with Crippen LogP contribution in [0.25, 0.3) is 0 Å². The summed E-state index contributed by atoms with van der Waals surface area (Å²) in [7, 11) is 0. The summed E-state index contributed by atoms with van der Waals surface area (Å²) in [5, 5.41) is 9.66. The molecule has 3 rings (SSSR count). The van der Waals surface area contributed by atoms with Crippen molar-refractivity contribution in [3.63, 3.8) is 0 Å². The molecule has 1 saturated heterocycles. The first-order valence-electron chi connectivity index (χ1n) is 7.23. The van der Waals surface area contributed by atoms with E-state index in [4.69, 9.17) is 0 Å². The van der Waals surface area contributed by atoms with Gasteiger partial charge in [0.2, 0.25) is 0 Å². The molecule has 1 aliphatic heterocycles. The van der Waals surface area contributed by atoms with Crippen molar-refractivity contribution in [2.24, 2.45) is 5.41 Å². The van der Waals surface area contributed by atoms with E-state index < -0.39 is 0 Å². The molecule has 1 spiro atoms. The van der Waals surface area contributed by atoms with Crippen LogP contribution in [0.5, 0.6) is 0 Å². The van der Waals surface area contributed by atoms with E-state index in [0.717, 1.165) is 0 Å². The first kappa shape index (κ1) is 12.2. The molecule has 1 atom stereocenters. The summed E-state index contributed by atoms with van der Waals surface area (Å²) in [6.07, 6.45) is 7.03. The number of aliphatic hydroxyl groups is 1. The third-order valence-corrected chi connectivity index (χ3v) is 4.79. The van der Waals surface area contributed by atoms with Crippen molar-refractivity contribution < 1.29 is 5.11 Å². The Kier molecular flexibility index (Phi) is 3.40. The van der Waals surface area contributed by atoms with Crippen molar-refractivity contribution >= 4 is 0 Å². The second-order valence-corrected chi connectivity index (χ2v) is 6.07. The lowest BCUT2D eigenvalue weighted by Gasteiger charge is -2.55. The van der Waals surface area contributed by atoms with E-state index in [2.05, 4.69) is 29.2 Å². The third kappa shape index (κ3) is 2.19. The maximum Gasteiger partial charge on any atom is 0.0628 e. The van der Waals surface area contributed by atoms with Crippen LogP contribution in [0.15, 0.2) is 30.3 Å². The van der Waals surface area contributed by atoms with Gasteiger partial charge in [-0.15, -0.1) is 0 Å². The Hall–Kier alpha value is -0.860. The highest BCUT2D eigenvalue weighted by molar-refractivity contribution is 5.20. The highest BCUT2D eigenvalue weighted by Crippen LogP contribution is 2.46. The quantitative estimate of drug-likeness (QED) is 0.885. The van der Waals surface area contributed by atoms with E-state index in [1.807, 2.05) is 6.07 Å². The molecule has 0 radical (unpaired) electrons. The first-order valence-corrected chi connectivity index (χ1v) is 7.23. The molecular formula is C16H23NO. The van der Waals surface area contributed by atoms with Crippen molar-refractivity contribution in [2.75, 3.05) is 19.7 Å². The fourth-order valence-corrected chi connectivity index (χ4v) is 3.76. The van der Waals surface area contributed by atoms with Crippen LogP contribution in [0, 0.1) is 5.41 Å². The molecule has 0 aromatic heterocycles. The summed E-state index contributed by atoms with van der Waals surface area (Å²) in [6, 6.07) is 10.6. The molecule has 2 fully saturated rings. The van der Waals surface area contributed by atoms with E-state index in [-0.39, 0.29) is 12.6 Å². The number of benzene rings is 1. The predicted molar refractivity (Wildman–Crippen MR) is 73.4 cm³/mol. The van der Waals surface area contributed by atoms with Crippen molar-refractivity contribution in [3.8, 4) is 0 Å². The maximum absolute atomic E-state index is 9.66. The summed E-state index contributed by atoms with van der Waals surface area (Å²) in [5.41, 5.74) is 1.85. The fraction of sp³-hybridized carbons (Fsp3) is 0.625. The predicted octanol–water partition coefficient (Wildman–Crippen LogP) is 2.99. The van der Waals surface area contributed by atoms with Gasteiger partial charge in [-0.3, -0.25) is 4.90 Å². The van der Waals surface area contributed by atoms with Gasteiger partial charge in [0.05, 0.1) is 12.6 Å². The van der Waals surface area contributed by atoms with Gasteiger partial charge in [0.1, 0.15) is 0 Å². The van der Waals surface area contributed by atoms with Gasteiger partial charge >= 0.3 is 0 Å². The summed E-state index contributed by atoms with van der Waals surface area (Å²) >= 11 is 0. The lowest BCUT2D eigenvalue weighted by Crippen LogP contribution is -2.58. The largest absolute Gasteiger partial charge is 0.394 e. The van der Waals surface area contributed by atoms with E-state index >= 15 is 0 Å². The highest BCUT2D eigenvalue weighted by atomic mass is 16.3. The minimum atomic E-state index is 0.207. The van der Waals surface area contributed by atoms with Gasteiger partial charge < -0.3 is 5.11 Å². The standard InChI is InChI=1S/C16H23NO/c18-11-15(14-7-3-1-4-8-14)17-12-16(13-17)9-5-2-6-10-16/h1,3-4,7-8,15,18H,2,5-6,9-13H2/t15-/m0/s1. The zero-order valence-electron chi connectivity index (χ0n) is 11.0. The Labute approximate surface area is 110 Å². The molecule has 2 heteroatoms. The normalized spacial score (nSPS) is 24.7. The molecule has 1 aliphatic carbocycles. The molecule has 0 unspecified atom stereocenters. The zero-order chi connectivity index (χ0) is 12.4. The molecular weight excluding hydrogens is 222 g/mol. The van der Waals surface area contributed by atoms with Crippen LogP contribution in [-0.2, 0) is 0 Å². The first-order chi connectivity index (χ1) is 8.83. The van der Waals surface area contributed by atoms with Crippen LogP contribution in [0.3, 0.4) is 0 Å². The van der Waals surface area contributed by atoms with Crippen molar-refractivity contribution in [1.29, 1.82) is 0 Å².